The maximum atomic E-state index is 5.40. The molecule has 0 spiro atoms. The fourth-order valence-corrected chi connectivity index (χ4v) is 2.56. The minimum absolute atomic E-state index is 0.421. The Bertz CT molecular complexity index is 558. The van der Waals surface area contributed by atoms with Crippen molar-refractivity contribution in [3.05, 3.63) is 36.2 Å². The SMILES string of the molecule is C[C@@H](c1ccc(-c2ncn(C)n2)cc1)N1CCOCC1. The van der Waals surface area contributed by atoms with Crippen LogP contribution in [0.1, 0.15) is 18.5 Å². The van der Waals surface area contributed by atoms with Gasteiger partial charge in [0.05, 0.1) is 13.2 Å². The zero-order valence-electron chi connectivity index (χ0n) is 12.0. The number of aromatic nitrogens is 3. The fraction of sp³-hybridized carbons (Fsp3) is 0.467. The molecule has 0 N–H and O–H groups in total. The summed E-state index contributed by atoms with van der Waals surface area (Å²) in [4.78, 5) is 6.73. The van der Waals surface area contributed by atoms with E-state index in [2.05, 4.69) is 46.2 Å². The van der Waals surface area contributed by atoms with Crippen molar-refractivity contribution in [3.8, 4) is 11.4 Å². The van der Waals surface area contributed by atoms with Crippen molar-refractivity contribution in [2.75, 3.05) is 26.3 Å². The van der Waals surface area contributed by atoms with Crippen LogP contribution in [0.3, 0.4) is 0 Å². The summed E-state index contributed by atoms with van der Waals surface area (Å²) < 4.78 is 7.13. The lowest BCUT2D eigenvalue weighted by Crippen LogP contribution is -2.37. The molecule has 2 aromatic rings. The number of benzene rings is 1. The third-order valence-electron chi connectivity index (χ3n) is 3.84. The van der Waals surface area contributed by atoms with E-state index in [1.807, 2.05) is 7.05 Å². The van der Waals surface area contributed by atoms with Gasteiger partial charge in [-0.15, -0.1) is 0 Å². The Hall–Kier alpha value is -1.72. The summed E-state index contributed by atoms with van der Waals surface area (Å²) >= 11 is 0. The number of hydrogen-bond acceptors (Lipinski definition) is 4. The molecule has 0 aliphatic carbocycles. The Morgan fingerprint density at radius 1 is 1.15 bits per heavy atom. The molecule has 1 atom stereocenters. The summed E-state index contributed by atoms with van der Waals surface area (Å²) in [5, 5.41) is 4.32. The third-order valence-corrected chi connectivity index (χ3v) is 3.84. The van der Waals surface area contributed by atoms with Crippen molar-refractivity contribution in [3.63, 3.8) is 0 Å². The zero-order chi connectivity index (χ0) is 13.9. The van der Waals surface area contributed by atoms with E-state index in [9.17, 15) is 0 Å². The molecule has 1 fully saturated rings. The summed E-state index contributed by atoms with van der Waals surface area (Å²) in [6, 6.07) is 8.96. The van der Waals surface area contributed by atoms with E-state index in [-0.39, 0.29) is 0 Å². The maximum absolute atomic E-state index is 5.40. The smallest absolute Gasteiger partial charge is 0.181 e. The van der Waals surface area contributed by atoms with Crippen LogP contribution >= 0.6 is 0 Å². The monoisotopic (exact) mass is 272 g/mol. The Morgan fingerprint density at radius 2 is 1.85 bits per heavy atom. The van der Waals surface area contributed by atoms with Crippen LogP contribution < -0.4 is 0 Å². The molecule has 106 valence electrons. The highest BCUT2D eigenvalue weighted by Crippen LogP contribution is 2.23. The van der Waals surface area contributed by atoms with Gasteiger partial charge >= 0.3 is 0 Å². The van der Waals surface area contributed by atoms with E-state index in [0.717, 1.165) is 37.7 Å². The van der Waals surface area contributed by atoms with Gasteiger partial charge in [-0.25, -0.2) is 4.98 Å². The van der Waals surface area contributed by atoms with Gasteiger partial charge in [0, 0.05) is 31.7 Å². The number of nitrogens with zero attached hydrogens (tertiary/aromatic N) is 4. The van der Waals surface area contributed by atoms with Crippen LogP contribution in [0, 0.1) is 0 Å². The van der Waals surface area contributed by atoms with Gasteiger partial charge in [0.2, 0.25) is 0 Å². The Balaban J connectivity index is 1.75. The molecule has 1 aromatic heterocycles. The Labute approximate surface area is 119 Å². The standard InChI is InChI=1S/C15H20N4O/c1-12(19-7-9-20-10-8-19)13-3-5-14(6-4-13)15-16-11-18(2)17-15/h3-6,11-12H,7-10H2,1-2H3/t12-/m0/s1. The first-order valence-electron chi connectivity index (χ1n) is 7.02. The Kier molecular flexibility index (Phi) is 3.80. The number of hydrogen-bond donors (Lipinski definition) is 0. The molecule has 1 saturated heterocycles. The lowest BCUT2D eigenvalue weighted by molar-refractivity contribution is 0.0198. The van der Waals surface area contributed by atoms with Gasteiger partial charge < -0.3 is 4.74 Å². The summed E-state index contributed by atoms with van der Waals surface area (Å²) in [6.07, 6.45) is 1.72. The highest BCUT2D eigenvalue weighted by molar-refractivity contribution is 5.54. The van der Waals surface area contributed by atoms with Crippen molar-refractivity contribution >= 4 is 0 Å². The average molecular weight is 272 g/mol. The van der Waals surface area contributed by atoms with Gasteiger partial charge in [0.15, 0.2) is 5.82 Å². The first kappa shape index (κ1) is 13.3. The third kappa shape index (κ3) is 2.73. The molecule has 0 saturated carbocycles. The largest absolute Gasteiger partial charge is 0.379 e. The highest BCUT2D eigenvalue weighted by atomic mass is 16.5. The molecule has 20 heavy (non-hydrogen) atoms. The maximum Gasteiger partial charge on any atom is 0.181 e. The number of morpholine rings is 1. The van der Waals surface area contributed by atoms with Crippen LogP contribution in [-0.2, 0) is 11.8 Å². The van der Waals surface area contributed by atoms with E-state index in [4.69, 9.17) is 4.74 Å². The molecule has 0 radical (unpaired) electrons. The van der Waals surface area contributed by atoms with E-state index in [0.29, 0.717) is 6.04 Å². The van der Waals surface area contributed by atoms with Crippen molar-refractivity contribution in [2.45, 2.75) is 13.0 Å². The van der Waals surface area contributed by atoms with E-state index >= 15 is 0 Å². The molecular weight excluding hydrogens is 252 g/mol. The summed E-state index contributed by atoms with van der Waals surface area (Å²) in [5.74, 6) is 0.776. The quantitative estimate of drug-likeness (QED) is 0.855. The van der Waals surface area contributed by atoms with Crippen molar-refractivity contribution in [2.24, 2.45) is 7.05 Å². The summed E-state index contributed by atoms with van der Waals surface area (Å²) in [7, 11) is 1.88. The van der Waals surface area contributed by atoms with Gasteiger partial charge in [0.1, 0.15) is 6.33 Å². The lowest BCUT2D eigenvalue weighted by Gasteiger charge is -2.32. The molecule has 2 heterocycles. The van der Waals surface area contributed by atoms with Gasteiger partial charge in [-0.05, 0) is 12.5 Å². The predicted octanol–water partition coefficient (Wildman–Crippen LogP) is 1.88. The van der Waals surface area contributed by atoms with E-state index < -0.39 is 0 Å². The Morgan fingerprint density at radius 3 is 2.45 bits per heavy atom. The molecular formula is C15H20N4O. The van der Waals surface area contributed by atoms with Crippen LogP contribution in [0.2, 0.25) is 0 Å². The highest BCUT2D eigenvalue weighted by Gasteiger charge is 2.18. The van der Waals surface area contributed by atoms with Crippen molar-refractivity contribution < 1.29 is 4.74 Å². The van der Waals surface area contributed by atoms with Gasteiger partial charge in [-0.2, -0.15) is 5.10 Å². The number of aryl methyl sites for hydroxylation is 1. The zero-order valence-corrected chi connectivity index (χ0v) is 12.0. The second-order valence-electron chi connectivity index (χ2n) is 5.19. The van der Waals surface area contributed by atoms with Crippen LogP contribution in [0.25, 0.3) is 11.4 Å². The van der Waals surface area contributed by atoms with Gasteiger partial charge in [0.25, 0.3) is 0 Å². The molecule has 1 aromatic carbocycles. The summed E-state index contributed by atoms with van der Waals surface area (Å²) in [6.45, 7) is 5.93. The van der Waals surface area contributed by atoms with Crippen LogP contribution in [0.15, 0.2) is 30.6 Å². The number of ether oxygens (including phenoxy) is 1. The topological polar surface area (TPSA) is 43.2 Å². The first-order valence-corrected chi connectivity index (χ1v) is 7.02. The first-order chi connectivity index (χ1) is 9.74. The molecule has 0 amide bonds. The predicted molar refractivity (Wildman–Crippen MR) is 77.2 cm³/mol. The summed E-state index contributed by atoms with van der Waals surface area (Å²) in [5.41, 5.74) is 2.38. The lowest BCUT2D eigenvalue weighted by atomic mass is 10.0. The van der Waals surface area contributed by atoms with Crippen LogP contribution in [-0.4, -0.2) is 46.0 Å². The fourth-order valence-electron chi connectivity index (χ4n) is 2.56. The minimum Gasteiger partial charge on any atom is -0.379 e. The van der Waals surface area contributed by atoms with Crippen molar-refractivity contribution in [1.29, 1.82) is 0 Å². The molecule has 0 unspecified atom stereocenters. The molecule has 1 aliphatic heterocycles. The van der Waals surface area contributed by atoms with Gasteiger partial charge in [-0.1, -0.05) is 24.3 Å². The normalized spacial score (nSPS) is 18.1. The average Bonchev–Trinajstić information content (AvgIpc) is 2.94. The molecule has 5 heteroatoms. The second-order valence-corrected chi connectivity index (χ2v) is 5.19. The van der Waals surface area contributed by atoms with E-state index in [1.54, 1.807) is 11.0 Å². The molecule has 5 nitrogen and oxygen atoms in total. The van der Waals surface area contributed by atoms with Gasteiger partial charge in [-0.3, -0.25) is 9.58 Å². The van der Waals surface area contributed by atoms with Crippen LogP contribution in [0.5, 0.6) is 0 Å². The van der Waals surface area contributed by atoms with E-state index in [1.165, 1.54) is 5.56 Å². The molecule has 1 aliphatic rings. The van der Waals surface area contributed by atoms with Crippen LogP contribution in [0.4, 0.5) is 0 Å². The molecule has 0 bridgehead atoms. The van der Waals surface area contributed by atoms with Crippen molar-refractivity contribution in [1.82, 2.24) is 19.7 Å². The second kappa shape index (κ2) is 5.73. The molecule has 3 rings (SSSR count). The minimum atomic E-state index is 0.421. The number of rotatable bonds is 3.